The Hall–Kier alpha value is -1.54. The Balaban J connectivity index is 1.57. The van der Waals surface area contributed by atoms with Crippen molar-refractivity contribution in [3.8, 4) is 0 Å². The first-order valence-electron chi connectivity index (χ1n) is 9.07. The number of pyridine rings is 1. The maximum absolute atomic E-state index is 5.72. The number of hydrogen-bond donors (Lipinski definition) is 1. The lowest BCUT2D eigenvalue weighted by Crippen LogP contribution is -2.42. The van der Waals surface area contributed by atoms with E-state index in [1.807, 2.05) is 29.7 Å². The summed E-state index contributed by atoms with van der Waals surface area (Å²) >= 11 is 7.56. The van der Waals surface area contributed by atoms with E-state index in [1.54, 1.807) is 0 Å². The van der Waals surface area contributed by atoms with Gasteiger partial charge in [-0.05, 0) is 43.4 Å². The lowest BCUT2D eigenvalue weighted by Gasteiger charge is -2.31. The zero-order valence-corrected chi connectivity index (χ0v) is 16.6. The molecular formula is C19H24N4OS2. The van der Waals surface area contributed by atoms with E-state index in [0.717, 1.165) is 50.2 Å². The Morgan fingerprint density at radius 1 is 1.23 bits per heavy atom. The summed E-state index contributed by atoms with van der Waals surface area (Å²) < 4.78 is 5.46. The number of nitrogens with zero attached hydrogens (tertiary/aromatic N) is 3. The van der Waals surface area contributed by atoms with Gasteiger partial charge >= 0.3 is 0 Å². The van der Waals surface area contributed by atoms with E-state index < -0.39 is 0 Å². The van der Waals surface area contributed by atoms with Crippen LogP contribution in [0.5, 0.6) is 0 Å². The molecule has 4 heterocycles. The van der Waals surface area contributed by atoms with Crippen LogP contribution in [0.15, 0.2) is 36.5 Å². The van der Waals surface area contributed by atoms with Crippen LogP contribution in [0.2, 0.25) is 0 Å². The van der Waals surface area contributed by atoms with Crippen LogP contribution in [0.4, 0.5) is 0 Å². The molecule has 0 aromatic carbocycles. The molecule has 138 valence electrons. The predicted octanol–water partition coefficient (Wildman–Crippen LogP) is 2.76. The van der Waals surface area contributed by atoms with Gasteiger partial charge in [-0.2, -0.15) is 0 Å². The molecule has 2 atom stereocenters. The number of ether oxygens (including phenoxy) is 1. The molecule has 2 aliphatic heterocycles. The number of thiocarbonyl (C=S) groups is 1. The molecule has 2 unspecified atom stereocenters. The Morgan fingerprint density at radius 2 is 2.08 bits per heavy atom. The van der Waals surface area contributed by atoms with Crippen molar-refractivity contribution in [2.24, 2.45) is 0 Å². The van der Waals surface area contributed by atoms with Gasteiger partial charge in [0.25, 0.3) is 0 Å². The van der Waals surface area contributed by atoms with Gasteiger partial charge in [0, 0.05) is 42.1 Å². The fraction of sp³-hybridized carbons (Fsp3) is 0.474. The van der Waals surface area contributed by atoms with E-state index in [-0.39, 0.29) is 12.1 Å². The lowest BCUT2D eigenvalue weighted by atomic mass is 10.0. The molecule has 0 spiro atoms. The molecule has 0 radical (unpaired) electrons. The van der Waals surface area contributed by atoms with E-state index in [9.17, 15) is 0 Å². The van der Waals surface area contributed by atoms with Gasteiger partial charge in [0.2, 0.25) is 0 Å². The highest BCUT2D eigenvalue weighted by Crippen LogP contribution is 2.40. The van der Waals surface area contributed by atoms with Gasteiger partial charge in [-0.1, -0.05) is 6.07 Å². The molecule has 1 N–H and O–H groups in total. The van der Waals surface area contributed by atoms with Crippen molar-refractivity contribution < 1.29 is 4.74 Å². The minimum atomic E-state index is 0.0893. The molecule has 0 amide bonds. The average Bonchev–Trinajstić information content (AvgIpc) is 3.24. The smallest absolute Gasteiger partial charge is 0.170 e. The van der Waals surface area contributed by atoms with Crippen molar-refractivity contribution in [2.75, 3.05) is 39.4 Å². The molecule has 2 aliphatic rings. The molecule has 2 aromatic rings. The second kappa shape index (κ2) is 8.00. The van der Waals surface area contributed by atoms with Crippen molar-refractivity contribution >= 4 is 28.7 Å². The summed E-state index contributed by atoms with van der Waals surface area (Å²) in [6, 6.07) is 10.8. The zero-order valence-electron chi connectivity index (χ0n) is 14.9. The topological polar surface area (TPSA) is 40.6 Å². The third kappa shape index (κ3) is 3.76. The van der Waals surface area contributed by atoms with Gasteiger partial charge in [-0.3, -0.25) is 9.88 Å². The Bertz CT molecular complexity index is 745. The third-order valence-corrected chi connectivity index (χ3v) is 6.43. The van der Waals surface area contributed by atoms with Crippen LogP contribution in [0, 0.1) is 6.92 Å². The second-order valence-corrected chi connectivity index (χ2v) is 8.43. The average molecular weight is 389 g/mol. The zero-order chi connectivity index (χ0) is 17.9. The summed E-state index contributed by atoms with van der Waals surface area (Å²) in [7, 11) is 0. The molecule has 0 bridgehead atoms. The molecule has 2 fully saturated rings. The van der Waals surface area contributed by atoms with Crippen LogP contribution in [0.25, 0.3) is 0 Å². The van der Waals surface area contributed by atoms with E-state index in [4.69, 9.17) is 17.0 Å². The number of nitrogens with one attached hydrogen (secondary N) is 1. The van der Waals surface area contributed by atoms with E-state index in [1.165, 1.54) is 9.75 Å². The van der Waals surface area contributed by atoms with Crippen molar-refractivity contribution in [2.45, 2.75) is 19.0 Å². The van der Waals surface area contributed by atoms with Gasteiger partial charge in [-0.15, -0.1) is 11.3 Å². The monoisotopic (exact) mass is 388 g/mol. The normalized spacial score (nSPS) is 24.0. The maximum Gasteiger partial charge on any atom is 0.170 e. The first-order valence-corrected chi connectivity index (χ1v) is 10.3. The molecule has 26 heavy (non-hydrogen) atoms. The predicted molar refractivity (Wildman–Crippen MR) is 108 cm³/mol. The van der Waals surface area contributed by atoms with Crippen LogP contribution in [-0.4, -0.2) is 59.3 Å². The molecular weight excluding hydrogens is 364 g/mol. The lowest BCUT2D eigenvalue weighted by molar-refractivity contribution is 0.0351. The van der Waals surface area contributed by atoms with Gasteiger partial charge in [0.1, 0.15) is 0 Å². The number of aromatic nitrogens is 1. The molecule has 5 nitrogen and oxygen atoms in total. The summed E-state index contributed by atoms with van der Waals surface area (Å²) in [5.41, 5.74) is 1.04. The molecule has 0 saturated carbocycles. The van der Waals surface area contributed by atoms with Crippen LogP contribution >= 0.6 is 23.6 Å². The molecule has 7 heteroatoms. The summed E-state index contributed by atoms with van der Waals surface area (Å²) in [4.78, 5) is 12.1. The van der Waals surface area contributed by atoms with E-state index in [0.29, 0.717) is 0 Å². The number of aryl methyl sites for hydroxylation is 1. The first kappa shape index (κ1) is 17.9. The highest BCUT2D eigenvalue weighted by atomic mass is 32.1. The highest BCUT2D eigenvalue weighted by molar-refractivity contribution is 7.80. The Kier molecular flexibility index (Phi) is 5.49. The minimum absolute atomic E-state index is 0.0893. The summed E-state index contributed by atoms with van der Waals surface area (Å²) in [6.45, 7) is 7.72. The van der Waals surface area contributed by atoms with Gasteiger partial charge in [0.15, 0.2) is 5.11 Å². The summed E-state index contributed by atoms with van der Waals surface area (Å²) in [5, 5.41) is 4.35. The third-order valence-electron chi connectivity index (χ3n) is 5.01. The second-order valence-electron chi connectivity index (χ2n) is 6.72. The maximum atomic E-state index is 5.72. The highest BCUT2D eigenvalue weighted by Gasteiger charge is 2.40. The SMILES string of the molecule is Cc1ccc(C2C(c3ccccn3)NC(=S)N2CCN2CCOCC2)s1. The van der Waals surface area contributed by atoms with Crippen LogP contribution in [0.3, 0.4) is 0 Å². The van der Waals surface area contributed by atoms with E-state index in [2.05, 4.69) is 45.2 Å². The number of rotatable bonds is 5. The number of morpholine rings is 1. The quantitative estimate of drug-likeness (QED) is 0.795. The van der Waals surface area contributed by atoms with Crippen molar-refractivity contribution in [3.05, 3.63) is 52.0 Å². The molecule has 2 saturated heterocycles. The van der Waals surface area contributed by atoms with Gasteiger partial charge < -0.3 is 15.0 Å². The molecule has 2 aromatic heterocycles. The van der Waals surface area contributed by atoms with E-state index >= 15 is 0 Å². The van der Waals surface area contributed by atoms with Gasteiger partial charge in [-0.25, -0.2) is 0 Å². The van der Waals surface area contributed by atoms with Crippen LogP contribution in [0.1, 0.15) is 27.5 Å². The fourth-order valence-electron chi connectivity index (χ4n) is 3.64. The molecule has 4 rings (SSSR count). The minimum Gasteiger partial charge on any atom is -0.379 e. The standard InChI is InChI=1S/C19H24N4OS2/c1-14-5-6-16(26-14)18-17(15-4-2-3-7-20-15)21-19(25)23(18)9-8-22-10-12-24-13-11-22/h2-7,17-18H,8-13H2,1H3,(H,21,25). The van der Waals surface area contributed by atoms with Gasteiger partial charge in [0.05, 0.1) is 31.0 Å². The van der Waals surface area contributed by atoms with Crippen LogP contribution < -0.4 is 5.32 Å². The van der Waals surface area contributed by atoms with Crippen molar-refractivity contribution in [1.82, 2.24) is 20.1 Å². The van der Waals surface area contributed by atoms with Crippen molar-refractivity contribution in [1.29, 1.82) is 0 Å². The fourth-order valence-corrected chi connectivity index (χ4v) is 5.00. The number of thiophene rings is 1. The molecule has 0 aliphatic carbocycles. The number of hydrogen-bond acceptors (Lipinski definition) is 5. The Morgan fingerprint density at radius 3 is 2.77 bits per heavy atom. The van der Waals surface area contributed by atoms with Crippen LogP contribution in [-0.2, 0) is 4.74 Å². The first-order chi connectivity index (χ1) is 12.7. The Labute approximate surface area is 164 Å². The largest absolute Gasteiger partial charge is 0.379 e. The summed E-state index contributed by atoms with van der Waals surface area (Å²) in [6.07, 6.45) is 1.85. The summed E-state index contributed by atoms with van der Waals surface area (Å²) in [5.74, 6) is 0. The van der Waals surface area contributed by atoms with Crippen molar-refractivity contribution in [3.63, 3.8) is 0 Å².